The number of carbonyl (C=O) groups excluding carboxylic acids is 2. The van der Waals surface area contributed by atoms with Crippen LogP contribution >= 0.6 is 0 Å². The van der Waals surface area contributed by atoms with E-state index in [9.17, 15) is 22.4 Å². The Morgan fingerprint density at radius 1 is 0.952 bits per heavy atom. The lowest BCUT2D eigenvalue weighted by Gasteiger charge is -2.34. The van der Waals surface area contributed by atoms with Gasteiger partial charge in [0.15, 0.2) is 0 Å². The van der Waals surface area contributed by atoms with Crippen LogP contribution in [0.5, 0.6) is 5.75 Å². The molecule has 1 unspecified atom stereocenters. The Morgan fingerprint density at radius 3 is 2.19 bits per heavy atom. The molecule has 1 aliphatic carbocycles. The van der Waals surface area contributed by atoms with Crippen LogP contribution in [0.25, 0.3) is 0 Å². The Morgan fingerprint density at radius 2 is 1.60 bits per heavy atom. The molecule has 2 amide bonds. The van der Waals surface area contributed by atoms with Crippen molar-refractivity contribution in [2.24, 2.45) is 0 Å². The standard InChI is InChI=1S/C32H38FN3O5S/c1-3-30(32(38)34-26-10-6-4-7-11-26)35(22-24-14-16-25(33)17-15-24)31(37)23-36(27-12-8-5-9-13-27)42(39,40)29-20-18-28(41-2)19-21-29/h5,8-9,12-21,26,30H,3-4,6-7,10-11,22-23H2,1-2H3,(H,34,38). The van der Waals surface area contributed by atoms with Crippen LogP contribution in [0.2, 0.25) is 0 Å². The third-order valence-corrected chi connectivity index (χ3v) is 9.36. The average Bonchev–Trinajstić information content (AvgIpc) is 3.01. The van der Waals surface area contributed by atoms with Gasteiger partial charge in [-0.15, -0.1) is 0 Å². The number of rotatable bonds is 12. The highest BCUT2D eigenvalue weighted by atomic mass is 32.2. The monoisotopic (exact) mass is 595 g/mol. The molecule has 3 aromatic carbocycles. The zero-order chi connectivity index (χ0) is 30.1. The van der Waals surface area contributed by atoms with Gasteiger partial charge in [-0.1, -0.05) is 56.5 Å². The SMILES string of the molecule is CCC(C(=O)NC1CCCCC1)N(Cc1ccc(F)cc1)C(=O)CN(c1ccccc1)S(=O)(=O)c1ccc(OC)cc1. The molecule has 1 N–H and O–H groups in total. The number of nitrogens with one attached hydrogen (secondary N) is 1. The molecule has 0 bridgehead atoms. The van der Waals surface area contributed by atoms with Gasteiger partial charge in [0.2, 0.25) is 11.8 Å². The van der Waals surface area contributed by atoms with E-state index in [1.807, 2.05) is 6.92 Å². The molecule has 1 atom stereocenters. The van der Waals surface area contributed by atoms with Gasteiger partial charge >= 0.3 is 0 Å². The van der Waals surface area contributed by atoms with Crippen LogP contribution in [-0.4, -0.2) is 50.9 Å². The Hall–Kier alpha value is -3.92. The number of sulfonamides is 1. The first kappa shape index (κ1) is 31.0. The molecular formula is C32H38FN3O5S. The van der Waals surface area contributed by atoms with Crippen molar-refractivity contribution in [3.8, 4) is 5.75 Å². The fraction of sp³-hybridized carbons (Fsp3) is 0.375. The summed E-state index contributed by atoms with van der Waals surface area (Å²) in [6, 6.07) is 19.2. The summed E-state index contributed by atoms with van der Waals surface area (Å²) in [5.41, 5.74) is 0.932. The first-order chi connectivity index (χ1) is 20.2. The van der Waals surface area contributed by atoms with Crippen LogP contribution in [-0.2, 0) is 26.2 Å². The normalized spacial score (nSPS) is 14.5. The number of ether oxygens (including phenoxy) is 1. The highest BCUT2D eigenvalue weighted by Gasteiger charge is 2.34. The quantitative estimate of drug-likeness (QED) is 0.307. The Kier molecular flexibility index (Phi) is 10.6. The van der Waals surface area contributed by atoms with Crippen LogP contribution in [0.15, 0.2) is 83.8 Å². The van der Waals surface area contributed by atoms with E-state index in [1.54, 1.807) is 54.6 Å². The first-order valence-corrected chi connectivity index (χ1v) is 15.7. The maximum atomic E-state index is 14.1. The Balaban J connectivity index is 1.68. The summed E-state index contributed by atoms with van der Waals surface area (Å²) in [6.45, 7) is 1.30. The van der Waals surface area contributed by atoms with Crippen molar-refractivity contribution in [1.29, 1.82) is 0 Å². The highest BCUT2D eigenvalue weighted by molar-refractivity contribution is 7.92. The van der Waals surface area contributed by atoms with E-state index < -0.39 is 34.3 Å². The van der Waals surface area contributed by atoms with Crippen LogP contribution in [0, 0.1) is 5.82 Å². The number of hydrogen-bond acceptors (Lipinski definition) is 5. The Bertz CT molecular complexity index is 1430. The van der Waals surface area contributed by atoms with Crippen molar-refractivity contribution in [3.05, 3.63) is 90.2 Å². The van der Waals surface area contributed by atoms with Gasteiger partial charge < -0.3 is 15.0 Å². The van der Waals surface area contributed by atoms with Crippen molar-refractivity contribution >= 4 is 27.5 Å². The number of amides is 2. The zero-order valence-corrected chi connectivity index (χ0v) is 24.9. The van der Waals surface area contributed by atoms with Gasteiger partial charge in [0.05, 0.1) is 17.7 Å². The molecule has 10 heteroatoms. The second-order valence-corrected chi connectivity index (χ2v) is 12.3. The fourth-order valence-corrected chi connectivity index (χ4v) is 6.66. The largest absolute Gasteiger partial charge is 0.497 e. The molecular weight excluding hydrogens is 557 g/mol. The van der Waals surface area contributed by atoms with Crippen LogP contribution < -0.4 is 14.4 Å². The van der Waals surface area contributed by atoms with E-state index >= 15 is 0 Å². The third-order valence-electron chi connectivity index (χ3n) is 7.57. The summed E-state index contributed by atoms with van der Waals surface area (Å²) in [5, 5.41) is 3.12. The van der Waals surface area contributed by atoms with E-state index in [0.717, 1.165) is 36.4 Å². The van der Waals surface area contributed by atoms with E-state index in [-0.39, 0.29) is 23.4 Å². The Labute approximate surface area is 247 Å². The van der Waals surface area contributed by atoms with Crippen LogP contribution in [0.4, 0.5) is 10.1 Å². The maximum absolute atomic E-state index is 14.1. The minimum Gasteiger partial charge on any atom is -0.497 e. The van der Waals surface area contributed by atoms with E-state index in [1.165, 1.54) is 36.3 Å². The smallest absolute Gasteiger partial charge is 0.264 e. The van der Waals surface area contributed by atoms with Crippen molar-refractivity contribution in [1.82, 2.24) is 10.2 Å². The molecule has 42 heavy (non-hydrogen) atoms. The van der Waals surface area contributed by atoms with E-state index in [4.69, 9.17) is 4.74 Å². The van der Waals surface area contributed by atoms with Crippen molar-refractivity contribution < 1.29 is 27.1 Å². The van der Waals surface area contributed by atoms with Crippen LogP contribution in [0.1, 0.15) is 51.0 Å². The number of carbonyl (C=O) groups is 2. The first-order valence-electron chi connectivity index (χ1n) is 14.3. The molecule has 0 radical (unpaired) electrons. The third kappa shape index (κ3) is 7.67. The van der Waals surface area contributed by atoms with Gasteiger partial charge in [0, 0.05) is 12.6 Å². The van der Waals surface area contributed by atoms with E-state index in [2.05, 4.69) is 5.32 Å². The molecule has 224 valence electrons. The topological polar surface area (TPSA) is 96.0 Å². The molecule has 1 fully saturated rings. The number of para-hydroxylation sites is 1. The maximum Gasteiger partial charge on any atom is 0.264 e. The number of anilines is 1. The second-order valence-electron chi connectivity index (χ2n) is 10.4. The minimum atomic E-state index is -4.18. The van der Waals surface area contributed by atoms with Gasteiger partial charge in [-0.25, -0.2) is 12.8 Å². The molecule has 0 aromatic heterocycles. The number of benzene rings is 3. The van der Waals surface area contributed by atoms with Gasteiger partial charge in [-0.2, -0.15) is 0 Å². The van der Waals surface area contributed by atoms with Gasteiger partial charge in [0.1, 0.15) is 24.2 Å². The van der Waals surface area contributed by atoms with Crippen LogP contribution in [0.3, 0.4) is 0 Å². The van der Waals surface area contributed by atoms with Crippen molar-refractivity contribution in [2.75, 3.05) is 18.0 Å². The summed E-state index contributed by atoms with van der Waals surface area (Å²) in [5.74, 6) is -0.744. The summed E-state index contributed by atoms with van der Waals surface area (Å²) < 4.78 is 47.7. The predicted octanol–water partition coefficient (Wildman–Crippen LogP) is 5.29. The van der Waals surface area contributed by atoms with Crippen molar-refractivity contribution in [3.63, 3.8) is 0 Å². The molecule has 4 rings (SSSR count). The average molecular weight is 596 g/mol. The van der Waals surface area contributed by atoms with Gasteiger partial charge in [-0.3, -0.25) is 13.9 Å². The van der Waals surface area contributed by atoms with Gasteiger partial charge in [0.25, 0.3) is 10.0 Å². The summed E-state index contributed by atoms with van der Waals surface area (Å²) in [4.78, 5) is 29.1. The minimum absolute atomic E-state index is 0.00730. The summed E-state index contributed by atoms with van der Waals surface area (Å²) >= 11 is 0. The van der Waals surface area contributed by atoms with Gasteiger partial charge in [-0.05, 0) is 73.4 Å². The predicted molar refractivity (Wildman–Crippen MR) is 160 cm³/mol. The molecule has 0 spiro atoms. The highest BCUT2D eigenvalue weighted by Crippen LogP contribution is 2.26. The number of nitrogens with zero attached hydrogens (tertiary/aromatic N) is 2. The number of halogens is 1. The lowest BCUT2D eigenvalue weighted by atomic mass is 9.95. The summed E-state index contributed by atoms with van der Waals surface area (Å²) in [6.07, 6.45) is 5.30. The fourth-order valence-electron chi connectivity index (χ4n) is 5.25. The molecule has 0 heterocycles. The zero-order valence-electron chi connectivity index (χ0n) is 24.0. The second kappa shape index (κ2) is 14.3. The lowest BCUT2D eigenvalue weighted by Crippen LogP contribution is -2.54. The molecule has 8 nitrogen and oxygen atoms in total. The van der Waals surface area contributed by atoms with E-state index in [0.29, 0.717) is 23.4 Å². The molecule has 0 saturated heterocycles. The summed E-state index contributed by atoms with van der Waals surface area (Å²) in [7, 11) is -2.69. The molecule has 1 aliphatic rings. The molecule has 1 saturated carbocycles. The number of hydrogen-bond donors (Lipinski definition) is 1. The molecule has 0 aliphatic heterocycles. The lowest BCUT2D eigenvalue weighted by molar-refractivity contribution is -0.140. The van der Waals surface area contributed by atoms with Crippen molar-refractivity contribution in [2.45, 2.75) is 69.0 Å². The number of methoxy groups -OCH3 is 1. The molecule has 3 aromatic rings.